The van der Waals surface area contributed by atoms with Gasteiger partial charge in [0.1, 0.15) is 5.82 Å². The summed E-state index contributed by atoms with van der Waals surface area (Å²) in [5.74, 6) is 1.13. The number of rotatable bonds is 3. The first-order valence-electron chi connectivity index (χ1n) is 5.84. The Morgan fingerprint density at radius 2 is 2.13 bits per heavy atom. The quantitative estimate of drug-likeness (QED) is 0.802. The number of aromatic nitrogens is 3. The van der Waals surface area contributed by atoms with Crippen molar-refractivity contribution in [3.63, 3.8) is 0 Å². The minimum atomic E-state index is 0.217. The molecule has 1 saturated carbocycles. The van der Waals surface area contributed by atoms with E-state index in [9.17, 15) is 0 Å². The van der Waals surface area contributed by atoms with Gasteiger partial charge < -0.3 is 0 Å². The Hall–Kier alpha value is -0.640. The van der Waals surface area contributed by atoms with Gasteiger partial charge in [0.2, 0.25) is 0 Å². The van der Waals surface area contributed by atoms with Crippen LogP contribution in [-0.2, 0) is 12.0 Å². The highest BCUT2D eigenvalue weighted by molar-refractivity contribution is 7.71. The first-order valence-corrected chi connectivity index (χ1v) is 6.25. The first-order chi connectivity index (χ1) is 7.17. The summed E-state index contributed by atoms with van der Waals surface area (Å²) in [7, 11) is 0. The molecule has 0 bridgehead atoms. The van der Waals surface area contributed by atoms with E-state index in [2.05, 4.69) is 28.6 Å². The molecule has 1 heterocycles. The normalized spacial score (nSPS) is 19.6. The van der Waals surface area contributed by atoms with Gasteiger partial charge in [-0.05, 0) is 38.4 Å². The summed E-state index contributed by atoms with van der Waals surface area (Å²) in [6.45, 7) is 4.49. The van der Waals surface area contributed by atoms with E-state index >= 15 is 0 Å². The van der Waals surface area contributed by atoms with Gasteiger partial charge >= 0.3 is 0 Å². The van der Waals surface area contributed by atoms with E-state index in [4.69, 9.17) is 12.2 Å². The van der Waals surface area contributed by atoms with Crippen LogP contribution >= 0.6 is 12.2 Å². The SMILES string of the molecule is CCCc1n[nH]c(=S)n1C1(C)CCCC1. The summed E-state index contributed by atoms with van der Waals surface area (Å²) in [6.07, 6.45) is 7.23. The monoisotopic (exact) mass is 225 g/mol. The molecule has 1 fully saturated rings. The summed E-state index contributed by atoms with van der Waals surface area (Å²) >= 11 is 5.34. The van der Waals surface area contributed by atoms with Gasteiger partial charge in [-0.3, -0.25) is 9.67 Å². The molecule has 15 heavy (non-hydrogen) atoms. The summed E-state index contributed by atoms with van der Waals surface area (Å²) in [5.41, 5.74) is 0.217. The van der Waals surface area contributed by atoms with E-state index in [0.29, 0.717) is 0 Å². The van der Waals surface area contributed by atoms with E-state index in [0.717, 1.165) is 23.4 Å². The minimum Gasteiger partial charge on any atom is -0.298 e. The van der Waals surface area contributed by atoms with Crippen LogP contribution in [0.1, 0.15) is 51.8 Å². The molecule has 1 aromatic rings. The molecule has 0 unspecified atom stereocenters. The van der Waals surface area contributed by atoms with Crippen molar-refractivity contribution in [1.29, 1.82) is 0 Å². The van der Waals surface area contributed by atoms with Gasteiger partial charge in [-0.2, -0.15) is 5.10 Å². The second-order valence-electron chi connectivity index (χ2n) is 4.73. The van der Waals surface area contributed by atoms with Crippen molar-refractivity contribution >= 4 is 12.2 Å². The average Bonchev–Trinajstić information content (AvgIpc) is 2.75. The zero-order chi connectivity index (χ0) is 10.9. The Bertz CT molecular complexity index is 385. The third-order valence-corrected chi connectivity index (χ3v) is 3.71. The molecule has 0 spiro atoms. The second kappa shape index (κ2) is 4.08. The van der Waals surface area contributed by atoms with E-state index < -0.39 is 0 Å². The standard InChI is InChI=1S/C11H19N3S/c1-3-6-9-12-13-10(15)14(9)11(2)7-4-5-8-11/h3-8H2,1-2H3,(H,13,15). The first kappa shape index (κ1) is 10.9. The zero-order valence-corrected chi connectivity index (χ0v) is 10.4. The molecule has 1 N–H and O–H groups in total. The van der Waals surface area contributed by atoms with Crippen molar-refractivity contribution < 1.29 is 0 Å². The van der Waals surface area contributed by atoms with E-state index in [1.807, 2.05) is 0 Å². The van der Waals surface area contributed by atoms with Crippen LogP contribution in [0.25, 0.3) is 0 Å². The van der Waals surface area contributed by atoms with Crippen LogP contribution in [0, 0.1) is 4.77 Å². The molecule has 1 aliphatic carbocycles. The predicted octanol–water partition coefficient (Wildman–Crippen LogP) is 3.18. The smallest absolute Gasteiger partial charge is 0.195 e. The van der Waals surface area contributed by atoms with E-state index in [1.54, 1.807) is 0 Å². The molecule has 4 heteroatoms. The Labute approximate surface area is 95.9 Å². The van der Waals surface area contributed by atoms with Gasteiger partial charge in [-0.1, -0.05) is 19.8 Å². The van der Waals surface area contributed by atoms with Crippen LogP contribution in [0.5, 0.6) is 0 Å². The van der Waals surface area contributed by atoms with Crippen LogP contribution < -0.4 is 0 Å². The molecule has 0 atom stereocenters. The highest BCUT2D eigenvalue weighted by Crippen LogP contribution is 2.37. The lowest BCUT2D eigenvalue weighted by Crippen LogP contribution is -2.28. The van der Waals surface area contributed by atoms with Crippen LogP contribution in [-0.4, -0.2) is 14.8 Å². The third-order valence-electron chi connectivity index (χ3n) is 3.44. The summed E-state index contributed by atoms with van der Waals surface area (Å²) in [4.78, 5) is 0. The lowest BCUT2D eigenvalue weighted by atomic mass is 10.00. The van der Waals surface area contributed by atoms with E-state index in [1.165, 1.54) is 25.7 Å². The van der Waals surface area contributed by atoms with Crippen molar-refractivity contribution in [3.05, 3.63) is 10.6 Å². The Balaban J connectivity index is 2.41. The molecule has 3 nitrogen and oxygen atoms in total. The molecule has 0 amide bonds. The summed E-state index contributed by atoms with van der Waals surface area (Å²) in [5, 5.41) is 7.28. The predicted molar refractivity (Wildman–Crippen MR) is 63.5 cm³/mol. The number of aryl methyl sites for hydroxylation is 1. The highest BCUT2D eigenvalue weighted by atomic mass is 32.1. The average molecular weight is 225 g/mol. The number of H-pyrrole nitrogens is 1. The third kappa shape index (κ3) is 1.87. The number of nitrogens with zero attached hydrogens (tertiary/aromatic N) is 2. The van der Waals surface area contributed by atoms with Crippen LogP contribution in [0.15, 0.2) is 0 Å². The fourth-order valence-corrected chi connectivity index (χ4v) is 3.01. The zero-order valence-electron chi connectivity index (χ0n) is 9.55. The Morgan fingerprint density at radius 1 is 1.47 bits per heavy atom. The van der Waals surface area contributed by atoms with Gasteiger partial charge in [0.15, 0.2) is 4.77 Å². The Kier molecular flexibility index (Phi) is 2.96. The number of hydrogen-bond donors (Lipinski definition) is 1. The number of nitrogens with one attached hydrogen (secondary N) is 1. The van der Waals surface area contributed by atoms with Crippen LogP contribution in [0.3, 0.4) is 0 Å². The minimum absolute atomic E-state index is 0.217. The van der Waals surface area contributed by atoms with Crippen molar-refractivity contribution in [2.45, 2.75) is 57.9 Å². The molecule has 2 rings (SSSR count). The molecule has 0 aliphatic heterocycles. The van der Waals surface area contributed by atoms with Crippen molar-refractivity contribution in [3.8, 4) is 0 Å². The fourth-order valence-electron chi connectivity index (χ4n) is 2.64. The molecule has 0 radical (unpaired) electrons. The molecule has 1 aromatic heterocycles. The molecule has 84 valence electrons. The topological polar surface area (TPSA) is 33.6 Å². The van der Waals surface area contributed by atoms with Crippen molar-refractivity contribution in [2.75, 3.05) is 0 Å². The Morgan fingerprint density at radius 3 is 2.73 bits per heavy atom. The molecule has 0 aromatic carbocycles. The van der Waals surface area contributed by atoms with Gasteiger partial charge in [0, 0.05) is 12.0 Å². The molecular formula is C11H19N3S. The van der Waals surface area contributed by atoms with Crippen LogP contribution in [0.4, 0.5) is 0 Å². The van der Waals surface area contributed by atoms with Gasteiger partial charge in [0.25, 0.3) is 0 Å². The maximum atomic E-state index is 5.34. The van der Waals surface area contributed by atoms with Crippen molar-refractivity contribution in [1.82, 2.24) is 14.8 Å². The van der Waals surface area contributed by atoms with Gasteiger partial charge in [-0.15, -0.1) is 0 Å². The fraction of sp³-hybridized carbons (Fsp3) is 0.818. The maximum absolute atomic E-state index is 5.34. The molecule has 0 saturated heterocycles. The molecular weight excluding hydrogens is 206 g/mol. The number of hydrogen-bond acceptors (Lipinski definition) is 2. The largest absolute Gasteiger partial charge is 0.298 e. The van der Waals surface area contributed by atoms with Crippen LogP contribution in [0.2, 0.25) is 0 Å². The molecule has 1 aliphatic rings. The summed E-state index contributed by atoms with van der Waals surface area (Å²) in [6, 6.07) is 0. The van der Waals surface area contributed by atoms with Gasteiger partial charge in [-0.25, -0.2) is 0 Å². The van der Waals surface area contributed by atoms with Crippen molar-refractivity contribution in [2.24, 2.45) is 0 Å². The second-order valence-corrected chi connectivity index (χ2v) is 5.12. The lowest BCUT2D eigenvalue weighted by molar-refractivity contribution is 0.314. The number of aromatic amines is 1. The summed E-state index contributed by atoms with van der Waals surface area (Å²) < 4.78 is 3.06. The highest BCUT2D eigenvalue weighted by Gasteiger charge is 2.32. The van der Waals surface area contributed by atoms with Gasteiger partial charge in [0.05, 0.1) is 0 Å². The van der Waals surface area contributed by atoms with E-state index in [-0.39, 0.29) is 5.54 Å². The maximum Gasteiger partial charge on any atom is 0.195 e. The lowest BCUT2D eigenvalue weighted by Gasteiger charge is -2.27.